The van der Waals surface area contributed by atoms with Crippen LogP contribution in [0.5, 0.6) is 0 Å². The van der Waals surface area contributed by atoms with Crippen molar-refractivity contribution in [2.45, 2.75) is 79.3 Å². The summed E-state index contributed by atoms with van der Waals surface area (Å²) in [5, 5.41) is 6.83. The molecule has 3 rings (SSSR count). The maximum atomic E-state index is 6.41. The molecule has 0 saturated carbocycles. The highest BCUT2D eigenvalue weighted by atomic mass is 15.1. The molecule has 0 spiro atoms. The second-order valence-corrected chi connectivity index (χ2v) is 10.5. The van der Waals surface area contributed by atoms with Gasteiger partial charge in [0.1, 0.15) is 0 Å². The number of piperidine rings is 1. The Bertz CT molecular complexity index is 1270. The Morgan fingerprint density at radius 1 is 0.952 bits per heavy atom. The first-order valence-corrected chi connectivity index (χ1v) is 15.5. The average Bonchev–Trinajstić information content (AvgIpc) is 3.02. The van der Waals surface area contributed by atoms with Crippen molar-refractivity contribution in [2.24, 2.45) is 0 Å². The summed E-state index contributed by atoms with van der Waals surface area (Å²) in [6.07, 6.45) is 15.8. The third-order valence-corrected chi connectivity index (χ3v) is 7.55. The minimum Gasteiger partial charge on any atom is -0.398 e. The van der Waals surface area contributed by atoms with E-state index in [4.69, 9.17) is 5.73 Å². The Morgan fingerprint density at radius 3 is 2.29 bits per heavy atom. The van der Waals surface area contributed by atoms with Gasteiger partial charge in [0.2, 0.25) is 0 Å². The van der Waals surface area contributed by atoms with E-state index in [1.807, 2.05) is 63.5 Å². The van der Waals surface area contributed by atoms with E-state index in [0.717, 1.165) is 71.7 Å². The molecule has 1 aromatic heterocycles. The van der Waals surface area contributed by atoms with Gasteiger partial charge in [0.15, 0.2) is 0 Å². The van der Waals surface area contributed by atoms with Crippen molar-refractivity contribution in [2.75, 3.05) is 18.8 Å². The molecule has 2 aromatic rings. The number of rotatable bonds is 14. The van der Waals surface area contributed by atoms with Crippen molar-refractivity contribution in [1.82, 2.24) is 20.5 Å². The zero-order valence-electron chi connectivity index (χ0n) is 26.7. The summed E-state index contributed by atoms with van der Waals surface area (Å²) in [6, 6.07) is 8.67. The van der Waals surface area contributed by atoms with Gasteiger partial charge in [-0.1, -0.05) is 78.6 Å². The lowest BCUT2D eigenvalue weighted by atomic mass is 9.97. The Labute approximate surface area is 255 Å². The number of likely N-dealkylation sites (tertiary alicyclic amines) is 1. The second-order valence-electron chi connectivity index (χ2n) is 10.5. The van der Waals surface area contributed by atoms with Crippen LogP contribution in [0.1, 0.15) is 77.8 Å². The molecule has 5 nitrogen and oxygen atoms in total. The van der Waals surface area contributed by atoms with Gasteiger partial charge >= 0.3 is 0 Å². The summed E-state index contributed by atoms with van der Waals surface area (Å²) < 4.78 is 0. The van der Waals surface area contributed by atoms with Crippen molar-refractivity contribution in [3.8, 4) is 11.1 Å². The lowest BCUT2D eigenvalue weighted by molar-refractivity contribution is 0.220. The van der Waals surface area contributed by atoms with Gasteiger partial charge in [-0.3, -0.25) is 9.88 Å². The van der Waals surface area contributed by atoms with Gasteiger partial charge in [0.25, 0.3) is 0 Å². The van der Waals surface area contributed by atoms with Crippen LogP contribution in [0.4, 0.5) is 5.69 Å². The lowest BCUT2D eigenvalue weighted by Gasteiger charge is -2.26. The van der Waals surface area contributed by atoms with Crippen molar-refractivity contribution in [1.29, 1.82) is 0 Å². The van der Waals surface area contributed by atoms with Crippen LogP contribution < -0.4 is 16.4 Å². The molecule has 0 bridgehead atoms. The fourth-order valence-electron chi connectivity index (χ4n) is 4.85. The first-order chi connectivity index (χ1) is 20.2. The van der Waals surface area contributed by atoms with E-state index in [0.29, 0.717) is 17.4 Å². The SMILES string of the molecule is C=C(/C=C\C(=C/C)NC(=C)C(=C)c1cc(-c2cncc(CN3CCCCC3)c2)ccc1N)C(=C)NC(CC)CC.CC. The van der Waals surface area contributed by atoms with Crippen LogP contribution in [0.2, 0.25) is 0 Å². The summed E-state index contributed by atoms with van der Waals surface area (Å²) in [6.45, 7) is 30.4. The summed E-state index contributed by atoms with van der Waals surface area (Å²) in [4.78, 5) is 7.05. The van der Waals surface area contributed by atoms with E-state index in [1.165, 1.54) is 24.8 Å². The third-order valence-electron chi connectivity index (χ3n) is 7.55. The van der Waals surface area contributed by atoms with Crippen molar-refractivity contribution < 1.29 is 0 Å². The molecule has 226 valence electrons. The molecular formula is C37H53N5. The Kier molecular flexibility index (Phi) is 14.6. The number of benzene rings is 1. The standard InChI is InChI=1S/C35H47N5.C2H6/c1-8-32(9-2)38-27(6)25(4)14-16-33(10-3)39-28(7)26(5)34-21-30(15-17-35(34)36)31-20-29(22-37-23-31)24-40-18-12-11-13-19-40;1-2/h10,14-17,20-23,32,38-39H,4-9,11-13,18-19,24,36H2,1-3H3;1-2H3/b16-14-,33-10+;. The second kappa shape index (κ2) is 17.9. The van der Waals surface area contributed by atoms with Gasteiger partial charge in [-0.15, -0.1) is 0 Å². The monoisotopic (exact) mass is 567 g/mol. The zero-order chi connectivity index (χ0) is 31.1. The predicted octanol–water partition coefficient (Wildman–Crippen LogP) is 8.77. The molecule has 0 atom stereocenters. The number of anilines is 1. The molecule has 1 fully saturated rings. The molecule has 0 aliphatic carbocycles. The van der Waals surface area contributed by atoms with Crippen molar-refractivity contribution in [3.63, 3.8) is 0 Å². The first-order valence-electron chi connectivity index (χ1n) is 15.5. The summed E-state index contributed by atoms with van der Waals surface area (Å²) in [5.74, 6) is 0. The van der Waals surface area contributed by atoms with Gasteiger partial charge in [-0.25, -0.2) is 0 Å². The predicted molar refractivity (Wildman–Crippen MR) is 185 cm³/mol. The molecule has 2 heterocycles. The van der Waals surface area contributed by atoms with Crippen LogP contribution in [-0.2, 0) is 6.54 Å². The van der Waals surface area contributed by atoms with Gasteiger partial charge in [-0.05, 0) is 92.2 Å². The highest BCUT2D eigenvalue weighted by molar-refractivity contribution is 5.85. The minimum atomic E-state index is 0.397. The van der Waals surface area contributed by atoms with Gasteiger partial charge in [0.05, 0.1) is 0 Å². The Morgan fingerprint density at radius 2 is 1.64 bits per heavy atom. The number of pyridine rings is 1. The number of nitrogens with zero attached hydrogens (tertiary/aromatic N) is 2. The van der Waals surface area contributed by atoms with Crippen LogP contribution in [0.3, 0.4) is 0 Å². The van der Waals surface area contributed by atoms with E-state index >= 15 is 0 Å². The normalized spacial score (nSPS) is 13.8. The largest absolute Gasteiger partial charge is 0.398 e. The first kappa shape index (κ1) is 34.4. The summed E-state index contributed by atoms with van der Waals surface area (Å²) in [5.41, 5.74) is 15.2. The van der Waals surface area contributed by atoms with Crippen LogP contribution >= 0.6 is 0 Å². The quantitative estimate of drug-likeness (QED) is 0.157. The molecular weight excluding hydrogens is 514 g/mol. The molecule has 0 amide bonds. The van der Waals surface area contributed by atoms with E-state index in [-0.39, 0.29) is 0 Å². The average molecular weight is 568 g/mol. The van der Waals surface area contributed by atoms with Crippen LogP contribution in [0.15, 0.2) is 104 Å². The Balaban J connectivity index is 0.00000301. The Hall–Kier alpha value is -3.83. The molecule has 1 aliphatic heterocycles. The fraction of sp³-hybridized carbons (Fsp3) is 0.378. The van der Waals surface area contributed by atoms with E-state index in [1.54, 1.807) is 0 Å². The number of aromatic nitrogens is 1. The third kappa shape index (κ3) is 10.2. The highest BCUT2D eigenvalue weighted by Crippen LogP contribution is 2.30. The van der Waals surface area contributed by atoms with Gasteiger partial charge in [-0.2, -0.15) is 0 Å². The lowest BCUT2D eigenvalue weighted by Crippen LogP contribution is -2.29. The minimum absolute atomic E-state index is 0.397. The van der Waals surface area contributed by atoms with E-state index in [9.17, 15) is 0 Å². The van der Waals surface area contributed by atoms with Crippen LogP contribution in [0.25, 0.3) is 16.7 Å². The molecule has 42 heavy (non-hydrogen) atoms. The molecule has 1 saturated heterocycles. The summed E-state index contributed by atoms with van der Waals surface area (Å²) in [7, 11) is 0. The van der Waals surface area contributed by atoms with Crippen LogP contribution in [-0.4, -0.2) is 29.0 Å². The fourth-order valence-corrected chi connectivity index (χ4v) is 4.85. The molecule has 1 aliphatic rings. The van der Waals surface area contributed by atoms with E-state index in [2.05, 4.69) is 72.8 Å². The summed E-state index contributed by atoms with van der Waals surface area (Å²) >= 11 is 0. The van der Waals surface area contributed by atoms with Crippen molar-refractivity contribution in [3.05, 3.63) is 115 Å². The number of allylic oxidation sites excluding steroid dienone is 4. The molecule has 0 unspecified atom stereocenters. The van der Waals surface area contributed by atoms with Gasteiger partial charge < -0.3 is 16.4 Å². The molecule has 0 radical (unpaired) electrons. The number of hydrogen-bond acceptors (Lipinski definition) is 5. The number of hydrogen-bond donors (Lipinski definition) is 3. The molecule has 4 N–H and O–H groups in total. The maximum absolute atomic E-state index is 6.41. The van der Waals surface area contributed by atoms with Gasteiger partial charge in [0, 0.05) is 58.9 Å². The highest BCUT2D eigenvalue weighted by Gasteiger charge is 2.13. The van der Waals surface area contributed by atoms with Crippen LogP contribution in [0, 0.1) is 0 Å². The smallest absolute Gasteiger partial charge is 0.0394 e. The van der Waals surface area contributed by atoms with E-state index < -0.39 is 0 Å². The zero-order valence-corrected chi connectivity index (χ0v) is 26.7. The van der Waals surface area contributed by atoms with Crippen molar-refractivity contribution >= 4 is 11.3 Å². The number of nitrogens with two attached hydrogens (primary N) is 1. The maximum Gasteiger partial charge on any atom is 0.0394 e. The molecule has 5 heteroatoms. The molecule has 1 aromatic carbocycles. The topological polar surface area (TPSA) is 66.2 Å². The number of nitrogens with one attached hydrogen (secondary N) is 2. The number of nitrogen functional groups attached to an aromatic ring is 1.